The van der Waals surface area contributed by atoms with E-state index in [9.17, 15) is 9.59 Å². The van der Waals surface area contributed by atoms with Gasteiger partial charge in [-0.1, -0.05) is 19.3 Å². The highest BCUT2D eigenvalue weighted by atomic mass is 16.2. The molecule has 1 aliphatic heterocycles. The summed E-state index contributed by atoms with van der Waals surface area (Å²) in [7, 11) is 0. The van der Waals surface area contributed by atoms with E-state index in [0.29, 0.717) is 25.7 Å². The SMILES string of the molecule is O=C1CN(C(=O)CNC2CCCCC2)CCN1. The van der Waals surface area contributed by atoms with Gasteiger partial charge in [0.25, 0.3) is 0 Å². The predicted molar refractivity (Wildman–Crippen MR) is 64.5 cm³/mol. The van der Waals surface area contributed by atoms with Gasteiger partial charge in [0.05, 0.1) is 13.1 Å². The minimum atomic E-state index is -0.0535. The highest BCUT2D eigenvalue weighted by Crippen LogP contribution is 2.17. The lowest BCUT2D eigenvalue weighted by molar-refractivity contribution is -0.137. The molecule has 2 N–H and O–H groups in total. The Morgan fingerprint density at radius 3 is 2.82 bits per heavy atom. The summed E-state index contributed by atoms with van der Waals surface area (Å²) in [5.41, 5.74) is 0. The number of piperazine rings is 1. The summed E-state index contributed by atoms with van der Waals surface area (Å²) in [4.78, 5) is 24.7. The van der Waals surface area contributed by atoms with Crippen LogP contribution < -0.4 is 10.6 Å². The second kappa shape index (κ2) is 6.00. The van der Waals surface area contributed by atoms with Crippen LogP contribution in [0, 0.1) is 0 Å². The lowest BCUT2D eigenvalue weighted by Crippen LogP contribution is -2.52. The van der Waals surface area contributed by atoms with Crippen molar-refractivity contribution in [2.75, 3.05) is 26.2 Å². The largest absolute Gasteiger partial charge is 0.353 e. The van der Waals surface area contributed by atoms with E-state index in [4.69, 9.17) is 0 Å². The summed E-state index contributed by atoms with van der Waals surface area (Å²) in [5, 5.41) is 6.03. The molecule has 0 aromatic carbocycles. The molecule has 1 saturated carbocycles. The molecule has 17 heavy (non-hydrogen) atoms. The van der Waals surface area contributed by atoms with E-state index in [1.165, 1.54) is 32.1 Å². The van der Waals surface area contributed by atoms with E-state index < -0.39 is 0 Å². The average Bonchev–Trinajstić information content (AvgIpc) is 2.37. The van der Waals surface area contributed by atoms with Gasteiger partial charge < -0.3 is 15.5 Å². The van der Waals surface area contributed by atoms with Gasteiger partial charge >= 0.3 is 0 Å². The van der Waals surface area contributed by atoms with Crippen molar-refractivity contribution in [3.05, 3.63) is 0 Å². The van der Waals surface area contributed by atoms with Gasteiger partial charge in [-0.2, -0.15) is 0 Å². The van der Waals surface area contributed by atoms with E-state index >= 15 is 0 Å². The molecule has 0 unspecified atom stereocenters. The van der Waals surface area contributed by atoms with Gasteiger partial charge in [0.15, 0.2) is 0 Å². The molecule has 0 radical (unpaired) electrons. The van der Waals surface area contributed by atoms with Crippen molar-refractivity contribution in [3.8, 4) is 0 Å². The Morgan fingerprint density at radius 2 is 2.12 bits per heavy atom. The predicted octanol–water partition coefficient (Wildman–Crippen LogP) is -0.133. The zero-order chi connectivity index (χ0) is 12.1. The monoisotopic (exact) mass is 239 g/mol. The molecule has 2 amide bonds. The van der Waals surface area contributed by atoms with E-state index in [0.717, 1.165) is 0 Å². The van der Waals surface area contributed by atoms with Crippen molar-refractivity contribution in [1.29, 1.82) is 0 Å². The van der Waals surface area contributed by atoms with Crippen molar-refractivity contribution in [2.45, 2.75) is 38.1 Å². The van der Waals surface area contributed by atoms with Crippen molar-refractivity contribution >= 4 is 11.8 Å². The number of nitrogens with zero attached hydrogens (tertiary/aromatic N) is 1. The summed E-state index contributed by atoms with van der Waals surface area (Å²) in [6.45, 7) is 1.80. The van der Waals surface area contributed by atoms with Crippen LogP contribution in [0.3, 0.4) is 0 Å². The van der Waals surface area contributed by atoms with Gasteiger partial charge in [-0.3, -0.25) is 9.59 Å². The minimum absolute atomic E-state index is 0.0467. The highest BCUT2D eigenvalue weighted by molar-refractivity contribution is 5.86. The maximum Gasteiger partial charge on any atom is 0.239 e. The number of hydrogen-bond acceptors (Lipinski definition) is 3. The molecule has 0 spiro atoms. The molecule has 2 fully saturated rings. The molecule has 1 heterocycles. The van der Waals surface area contributed by atoms with Crippen LogP contribution in [0.1, 0.15) is 32.1 Å². The Hall–Kier alpha value is -1.10. The van der Waals surface area contributed by atoms with E-state index in [2.05, 4.69) is 10.6 Å². The lowest BCUT2D eigenvalue weighted by Gasteiger charge is -2.28. The van der Waals surface area contributed by atoms with Crippen molar-refractivity contribution < 1.29 is 9.59 Å². The molecule has 5 heteroatoms. The summed E-state index contributed by atoms with van der Waals surface area (Å²) in [6, 6.07) is 0.492. The second-order valence-electron chi connectivity index (χ2n) is 4.88. The van der Waals surface area contributed by atoms with E-state index in [1.54, 1.807) is 4.90 Å². The molecule has 2 aliphatic rings. The van der Waals surface area contributed by atoms with E-state index in [1.807, 2.05) is 0 Å². The molecule has 2 rings (SSSR count). The normalized spacial score (nSPS) is 22.4. The Kier molecular flexibility index (Phi) is 4.36. The molecular formula is C12H21N3O2. The fourth-order valence-corrected chi connectivity index (χ4v) is 2.50. The third-order valence-electron chi connectivity index (χ3n) is 3.54. The van der Waals surface area contributed by atoms with Crippen LogP contribution in [0.25, 0.3) is 0 Å². The zero-order valence-corrected chi connectivity index (χ0v) is 10.2. The minimum Gasteiger partial charge on any atom is -0.353 e. The van der Waals surface area contributed by atoms with Crippen molar-refractivity contribution in [1.82, 2.24) is 15.5 Å². The first-order valence-corrected chi connectivity index (χ1v) is 6.53. The van der Waals surface area contributed by atoms with Crippen LogP contribution in [0.4, 0.5) is 0 Å². The molecule has 5 nitrogen and oxygen atoms in total. The Labute approximate surface area is 102 Å². The number of amides is 2. The molecule has 0 aromatic rings. The molecule has 0 bridgehead atoms. The third-order valence-corrected chi connectivity index (χ3v) is 3.54. The van der Waals surface area contributed by atoms with E-state index in [-0.39, 0.29) is 18.4 Å². The van der Waals surface area contributed by atoms with Crippen LogP contribution in [-0.4, -0.2) is 48.9 Å². The highest BCUT2D eigenvalue weighted by Gasteiger charge is 2.21. The average molecular weight is 239 g/mol. The first-order valence-electron chi connectivity index (χ1n) is 6.53. The Morgan fingerprint density at radius 1 is 1.35 bits per heavy atom. The van der Waals surface area contributed by atoms with Crippen LogP contribution in [0.5, 0.6) is 0 Å². The van der Waals surface area contributed by atoms with Gasteiger partial charge in [0, 0.05) is 19.1 Å². The molecular weight excluding hydrogens is 218 g/mol. The van der Waals surface area contributed by atoms with Crippen LogP contribution >= 0.6 is 0 Å². The van der Waals surface area contributed by atoms with Gasteiger partial charge in [-0.05, 0) is 12.8 Å². The van der Waals surface area contributed by atoms with Crippen molar-refractivity contribution in [3.63, 3.8) is 0 Å². The van der Waals surface area contributed by atoms with Crippen LogP contribution in [0.15, 0.2) is 0 Å². The summed E-state index contributed by atoms with van der Waals surface area (Å²) in [6.07, 6.45) is 6.19. The summed E-state index contributed by atoms with van der Waals surface area (Å²) in [5.74, 6) is -0.00677. The van der Waals surface area contributed by atoms with Crippen molar-refractivity contribution in [2.24, 2.45) is 0 Å². The Balaban J connectivity index is 1.70. The maximum atomic E-state index is 11.9. The van der Waals surface area contributed by atoms with Crippen LogP contribution in [0.2, 0.25) is 0 Å². The quantitative estimate of drug-likeness (QED) is 0.721. The molecule has 0 aromatic heterocycles. The smallest absolute Gasteiger partial charge is 0.239 e. The number of carbonyl (C=O) groups is 2. The number of hydrogen-bond donors (Lipinski definition) is 2. The maximum absolute atomic E-state index is 11.9. The van der Waals surface area contributed by atoms with Gasteiger partial charge in [-0.25, -0.2) is 0 Å². The molecule has 1 aliphatic carbocycles. The summed E-state index contributed by atoms with van der Waals surface area (Å²) < 4.78 is 0. The summed E-state index contributed by atoms with van der Waals surface area (Å²) >= 11 is 0. The second-order valence-corrected chi connectivity index (χ2v) is 4.88. The zero-order valence-electron chi connectivity index (χ0n) is 10.2. The molecule has 1 saturated heterocycles. The lowest BCUT2D eigenvalue weighted by atomic mass is 9.95. The van der Waals surface area contributed by atoms with Gasteiger partial charge in [0.1, 0.15) is 0 Å². The third kappa shape index (κ3) is 3.70. The first kappa shape index (κ1) is 12.4. The van der Waals surface area contributed by atoms with Crippen LogP contribution in [-0.2, 0) is 9.59 Å². The molecule has 96 valence electrons. The first-order chi connectivity index (χ1) is 8.25. The fourth-order valence-electron chi connectivity index (χ4n) is 2.50. The standard InChI is InChI=1S/C12H21N3O2/c16-11-9-15(7-6-13-11)12(17)8-14-10-4-2-1-3-5-10/h10,14H,1-9H2,(H,13,16). The fraction of sp³-hybridized carbons (Fsp3) is 0.833. The molecule has 0 atom stereocenters. The van der Waals surface area contributed by atoms with Gasteiger partial charge in [0.2, 0.25) is 11.8 Å². The number of rotatable bonds is 3. The van der Waals surface area contributed by atoms with Gasteiger partial charge in [-0.15, -0.1) is 0 Å². The number of carbonyl (C=O) groups excluding carboxylic acids is 2. The number of nitrogens with one attached hydrogen (secondary N) is 2. The topological polar surface area (TPSA) is 61.4 Å². The Bertz CT molecular complexity index is 287.